The largest absolute Gasteiger partial charge is 0.377 e. The highest BCUT2D eigenvalue weighted by molar-refractivity contribution is 4.84. The minimum atomic E-state index is -0.0525. The van der Waals surface area contributed by atoms with Crippen LogP contribution in [0, 0.1) is 5.92 Å². The molecule has 1 saturated heterocycles. The molecule has 1 rings (SSSR count). The average Bonchev–Trinajstić information content (AvgIpc) is 2.16. The second-order valence-corrected chi connectivity index (χ2v) is 5.48. The summed E-state index contributed by atoms with van der Waals surface area (Å²) in [7, 11) is 3.98. The van der Waals surface area contributed by atoms with Crippen LogP contribution in [0.3, 0.4) is 0 Å². The molecule has 1 aliphatic rings. The van der Waals surface area contributed by atoms with Crippen molar-refractivity contribution in [1.29, 1.82) is 0 Å². The zero-order chi connectivity index (χ0) is 11.5. The van der Waals surface area contributed by atoms with Crippen LogP contribution in [0.2, 0.25) is 0 Å². The maximum absolute atomic E-state index is 5.41. The van der Waals surface area contributed by atoms with Crippen LogP contribution in [0.25, 0.3) is 0 Å². The summed E-state index contributed by atoms with van der Waals surface area (Å²) in [5.74, 6) is 0.733. The van der Waals surface area contributed by atoms with E-state index in [4.69, 9.17) is 4.74 Å². The van der Waals surface area contributed by atoms with E-state index in [0.717, 1.165) is 12.5 Å². The van der Waals surface area contributed by atoms with Gasteiger partial charge in [-0.15, -0.1) is 0 Å². The lowest BCUT2D eigenvalue weighted by Crippen LogP contribution is -2.50. The van der Waals surface area contributed by atoms with Gasteiger partial charge in [0.05, 0.1) is 5.60 Å². The van der Waals surface area contributed by atoms with Gasteiger partial charge >= 0.3 is 0 Å². The number of hydrogen-bond acceptors (Lipinski definition) is 3. The Hall–Kier alpha value is -0.120. The summed E-state index contributed by atoms with van der Waals surface area (Å²) in [6, 6.07) is 0.649. The van der Waals surface area contributed by atoms with Crippen molar-refractivity contribution in [2.24, 2.45) is 5.92 Å². The molecule has 0 amide bonds. The molecule has 15 heavy (non-hydrogen) atoms. The Morgan fingerprint density at radius 2 is 2.13 bits per heavy atom. The van der Waals surface area contributed by atoms with Gasteiger partial charge in [-0.05, 0) is 39.8 Å². The van der Waals surface area contributed by atoms with Crippen LogP contribution in [0.4, 0.5) is 0 Å². The molecule has 90 valence electrons. The maximum Gasteiger partial charge on any atom is 0.0746 e. The van der Waals surface area contributed by atoms with Crippen LogP contribution < -0.4 is 5.32 Å². The molecular weight excluding hydrogens is 188 g/mol. The van der Waals surface area contributed by atoms with Crippen molar-refractivity contribution < 1.29 is 4.74 Å². The summed E-state index contributed by atoms with van der Waals surface area (Å²) in [5, 5.41) is 3.63. The molecule has 0 aromatic rings. The predicted octanol–water partition coefficient (Wildman–Crippen LogP) is 1.34. The van der Waals surface area contributed by atoms with Gasteiger partial charge in [0, 0.05) is 26.2 Å². The number of hydrogen-bond donors (Lipinski definition) is 1. The first kappa shape index (κ1) is 12.9. The van der Waals surface area contributed by atoms with Gasteiger partial charge < -0.3 is 15.0 Å². The van der Waals surface area contributed by atoms with Crippen LogP contribution in [0.5, 0.6) is 0 Å². The molecule has 0 aliphatic carbocycles. The van der Waals surface area contributed by atoms with Crippen LogP contribution in [-0.4, -0.2) is 50.3 Å². The monoisotopic (exact) mass is 214 g/mol. The van der Waals surface area contributed by atoms with E-state index < -0.39 is 0 Å². The van der Waals surface area contributed by atoms with E-state index in [0.29, 0.717) is 6.04 Å². The molecule has 0 aromatic heterocycles. The van der Waals surface area contributed by atoms with Crippen molar-refractivity contribution in [1.82, 2.24) is 10.2 Å². The fraction of sp³-hybridized carbons (Fsp3) is 1.00. The van der Waals surface area contributed by atoms with Gasteiger partial charge in [-0.1, -0.05) is 6.92 Å². The molecule has 1 N–H and O–H groups in total. The summed E-state index contributed by atoms with van der Waals surface area (Å²) in [6.07, 6.45) is 1.25. The first-order valence-corrected chi connectivity index (χ1v) is 5.92. The van der Waals surface area contributed by atoms with E-state index in [1.807, 2.05) is 0 Å². The highest BCUT2D eigenvalue weighted by Crippen LogP contribution is 2.16. The molecule has 1 fully saturated rings. The number of methoxy groups -OCH3 is 1. The molecule has 0 spiro atoms. The van der Waals surface area contributed by atoms with Crippen LogP contribution in [-0.2, 0) is 4.74 Å². The van der Waals surface area contributed by atoms with Gasteiger partial charge in [0.25, 0.3) is 0 Å². The second-order valence-electron chi connectivity index (χ2n) is 5.48. The normalized spacial score (nSPS) is 29.4. The lowest BCUT2D eigenvalue weighted by Gasteiger charge is -2.37. The maximum atomic E-state index is 5.41. The van der Waals surface area contributed by atoms with Gasteiger partial charge in [-0.2, -0.15) is 0 Å². The lowest BCUT2D eigenvalue weighted by molar-refractivity contribution is 0.0168. The number of piperidine rings is 1. The highest BCUT2D eigenvalue weighted by atomic mass is 16.5. The van der Waals surface area contributed by atoms with E-state index in [1.54, 1.807) is 7.11 Å². The molecule has 0 bridgehead atoms. The van der Waals surface area contributed by atoms with Gasteiger partial charge in [0.1, 0.15) is 0 Å². The number of rotatable bonds is 4. The average molecular weight is 214 g/mol. The first-order valence-electron chi connectivity index (χ1n) is 5.92. The Balaban J connectivity index is 2.33. The molecule has 0 aromatic carbocycles. The SMILES string of the molecule is COC(C)(C)CNC1CCN(C)CC1C. The summed E-state index contributed by atoms with van der Waals surface area (Å²) in [4.78, 5) is 2.41. The Labute approximate surface area is 94.2 Å². The van der Waals surface area contributed by atoms with Crippen molar-refractivity contribution in [3.8, 4) is 0 Å². The van der Waals surface area contributed by atoms with E-state index in [9.17, 15) is 0 Å². The summed E-state index contributed by atoms with van der Waals surface area (Å²) in [5.41, 5.74) is -0.0525. The molecule has 2 unspecified atom stereocenters. The molecule has 3 nitrogen and oxygen atoms in total. The van der Waals surface area contributed by atoms with Crippen molar-refractivity contribution in [3.05, 3.63) is 0 Å². The molecule has 0 radical (unpaired) electrons. The van der Waals surface area contributed by atoms with Gasteiger partial charge in [-0.3, -0.25) is 0 Å². The molecule has 1 aliphatic heterocycles. The molecule has 2 atom stereocenters. The van der Waals surface area contributed by atoms with E-state index >= 15 is 0 Å². The van der Waals surface area contributed by atoms with Gasteiger partial charge in [0.15, 0.2) is 0 Å². The zero-order valence-corrected chi connectivity index (χ0v) is 10.8. The van der Waals surface area contributed by atoms with Crippen molar-refractivity contribution in [2.75, 3.05) is 33.8 Å². The Morgan fingerprint density at radius 3 is 2.67 bits per heavy atom. The number of nitrogens with zero attached hydrogens (tertiary/aromatic N) is 1. The quantitative estimate of drug-likeness (QED) is 0.764. The van der Waals surface area contributed by atoms with Crippen molar-refractivity contribution in [2.45, 2.75) is 38.8 Å². The smallest absolute Gasteiger partial charge is 0.0746 e. The zero-order valence-electron chi connectivity index (χ0n) is 10.8. The fourth-order valence-electron chi connectivity index (χ4n) is 2.11. The predicted molar refractivity (Wildman–Crippen MR) is 64.2 cm³/mol. The van der Waals surface area contributed by atoms with Crippen LogP contribution in [0.15, 0.2) is 0 Å². The standard InChI is InChI=1S/C12H26N2O/c1-10-8-14(4)7-6-11(10)13-9-12(2,3)15-5/h10-11,13H,6-9H2,1-5H3. The molecule has 3 heteroatoms. The van der Waals surface area contributed by atoms with Crippen LogP contribution in [0.1, 0.15) is 27.2 Å². The topological polar surface area (TPSA) is 24.5 Å². The number of likely N-dealkylation sites (tertiary alicyclic amines) is 1. The van der Waals surface area contributed by atoms with Gasteiger partial charge in [0.2, 0.25) is 0 Å². The lowest BCUT2D eigenvalue weighted by atomic mass is 9.93. The summed E-state index contributed by atoms with van der Waals surface area (Å²) < 4.78 is 5.41. The Kier molecular flexibility index (Phi) is 4.56. The first-order chi connectivity index (χ1) is 6.94. The highest BCUT2D eigenvalue weighted by Gasteiger charge is 2.26. The fourth-order valence-corrected chi connectivity index (χ4v) is 2.11. The van der Waals surface area contributed by atoms with Gasteiger partial charge in [-0.25, -0.2) is 0 Å². The minimum Gasteiger partial charge on any atom is -0.377 e. The number of nitrogens with one attached hydrogen (secondary N) is 1. The molecule has 0 saturated carbocycles. The third kappa shape index (κ3) is 4.09. The van der Waals surface area contributed by atoms with Crippen molar-refractivity contribution >= 4 is 0 Å². The Morgan fingerprint density at radius 1 is 1.47 bits per heavy atom. The second kappa shape index (κ2) is 5.28. The molecule has 1 heterocycles. The molecular formula is C12H26N2O. The van der Waals surface area contributed by atoms with E-state index in [-0.39, 0.29) is 5.60 Å². The number of ether oxygens (including phenoxy) is 1. The third-order valence-corrected chi connectivity index (χ3v) is 3.45. The summed E-state index contributed by atoms with van der Waals surface area (Å²) in [6.45, 7) is 9.91. The van der Waals surface area contributed by atoms with Crippen LogP contribution >= 0.6 is 0 Å². The van der Waals surface area contributed by atoms with Crippen molar-refractivity contribution in [3.63, 3.8) is 0 Å². The van der Waals surface area contributed by atoms with E-state index in [2.05, 4.69) is 38.0 Å². The third-order valence-electron chi connectivity index (χ3n) is 3.45. The minimum absolute atomic E-state index is 0.0525. The Bertz CT molecular complexity index is 194. The summed E-state index contributed by atoms with van der Waals surface area (Å²) >= 11 is 0. The van der Waals surface area contributed by atoms with E-state index in [1.165, 1.54) is 19.5 Å².